The highest BCUT2D eigenvalue weighted by molar-refractivity contribution is 7.07. The van der Waals surface area contributed by atoms with Crippen molar-refractivity contribution >= 4 is 11.3 Å². The van der Waals surface area contributed by atoms with E-state index >= 15 is 0 Å². The van der Waals surface area contributed by atoms with E-state index in [1.807, 2.05) is 5.38 Å². The van der Waals surface area contributed by atoms with Gasteiger partial charge >= 0.3 is 0 Å². The quantitative estimate of drug-likeness (QED) is 0.781. The Morgan fingerprint density at radius 2 is 2.46 bits per heavy atom. The van der Waals surface area contributed by atoms with Gasteiger partial charge in [-0.3, -0.25) is 0 Å². The van der Waals surface area contributed by atoms with Gasteiger partial charge in [-0.1, -0.05) is 5.16 Å². The number of hydrogen-bond acceptors (Lipinski definition) is 6. The monoisotopic (exact) mass is 196 g/mol. The molecule has 0 unspecified atom stereocenters. The van der Waals surface area contributed by atoms with Gasteiger partial charge < -0.3 is 10.3 Å². The molecule has 0 amide bonds. The highest BCUT2D eigenvalue weighted by Crippen LogP contribution is 2.16. The van der Waals surface area contributed by atoms with Gasteiger partial charge in [0, 0.05) is 5.38 Å². The summed E-state index contributed by atoms with van der Waals surface area (Å²) in [6.45, 7) is 1.79. The molecule has 2 N–H and O–H groups in total. The zero-order chi connectivity index (χ0) is 9.26. The molecular formula is C7H8N4OS. The summed E-state index contributed by atoms with van der Waals surface area (Å²) >= 11 is 1.49. The van der Waals surface area contributed by atoms with Crippen LogP contribution in [0.15, 0.2) is 15.4 Å². The lowest BCUT2D eigenvalue weighted by Crippen LogP contribution is -2.04. The summed E-state index contributed by atoms with van der Waals surface area (Å²) in [5, 5.41) is 5.61. The smallest absolute Gasteiger partial charge is 0.243 e. The Labute approximate surface area is 78.6 Å². The Bertz CT molecular complexity index is 381. The van der Waals surface area contributed by atoms with Crippen molar-refractivity contribution < 1.29 is 4.52 Å². The molecule has 0 aromatic carbocycles. The Hall–Kier alpha value is -1.27. The minimum atomic E-state index is -0.236. The summed E-state index contributed by atoms with van der Waals surface area (Å²) in [5.41, 5.74) is 8.01. The van der Waals surface area contributed by atoms with Crippen molar-refractivity contribution in [1.82, 2.24) is 15.1 Å². The molecule has 13 heavy (non-hydrogen) atoms. The lowest BCUT2D eigenvalue weighted by molar-refractivity contribution is 0.362. The van der Waals surface area contributed by atoms with E-state index in [0.29, 0.717) is 11.7 Å². The van der Waals surface area contributed by atoms with Crippen molar-refractivity contribution in [1.29, 1.82) is 0 Å². The van der Waals surface area contributed by atoms with Gasteiger partial charge in [0.1, 0.15) is 5.69 Å². The van der Waals surface area contributed by atoms with E-state index in [2.05, 4.69) is 15.1 Å². The molecule has 0 bridgehead atoms. The third-order valence-corrected chi connectivity index (χ3v) is 2.08. The van der Waals surface area contributed by atoms with Crippen LogP contribution in [-0.2, 0) is 0 Å². The molecule has 2 rings (SSSR count). The van der Waals surface area contributed by atoms with Crippen LogP contribution in [0.3, 0.4) is 0 Å². The van der Waals surface area contributed by atoms with Gasteiger partial charge in [0.25, 0.3) is 0 Å². The Kier molecular flexibility index (Phi) is 2.07. The lowest BCUT2D eigenvalue weighted by atomic mass is 10.4. The topological polar surface area (TPSA) is 77.8 Å². The van der Waals surface area contributed by atoms with E-state index in [0.717, 1.165) is 5.69 Å². The third kappa shape index (κ3) is 1.58. The molecule has 0 spiro atoms. The summed E-state index contributed by atoms with van der Waals surface area (Å²) in [7, 11) is 0. The van der Waals surface area contributed by atoms with Crippen LogP contribution in [0, 0.1) is 0 Å². The number of nitrogens with zero attached hydrogens (tertiary/aromatic N) is 3. The first-order valence-electron chi connectivity index (χ1n) is 3.75. The largest absolute Gasteiger partial charge is 0.337 e. The number of nitrogens with two attached hydrogens (primary N) is 1. The highest BCUT2D eigenvalue weighted by atomic mass is 32.1. The second-order valence-corrected chi connectivity index (χ2v) is 3.34. The summed E-state index contributed by atoms with van der Waals surface area (Å²) < 4.78 is 4.93. The van der Waals surface area contributed by atoms with Crippen LogP contribution in [0.2, 0.25) is 0 Å². The van der Waals surface area contributed by atoms with Gasteiger partial charge in [0.15, 0.2) is 0 Å². The van der Waals surface area contributed by atoms with Crippen LogP contribution in [0.1, 0.15) is 18.9 Å². The van der Waals surface area contributed by atoms with Crippen LogP contribution in [-0.4, -0.2) is 15.1 Å². The fourth-order valence-corrected chi connectivity index (χ4v) is 1.38. The first-order chi connectivity index (χ1) is 6.27. The van der Waals surface area contributed by atoms with E-state index < -0.39 is 0 Å². The summed E-state index contributed by atoms with van der Waals surface area (Å²) in [6.07, 6.45) is 0. The molecule has 5 nitrogen and oxygen atoms in total. The normalized spacial score (nSPS) is 13.1. The molecule has 68 valence electrons. The molecule has 0 aliphatic heterocycles. The molecule has 2 heterocycles. The molecule has 0 saturated heterocycles. The third-order valence-electron chi connectivity index (χ3n) is 1.49. The molecule has 0 radical (unpaired) electrons. The number of rotatable bonds is 2. The van der Waals surface area contributed by atoms with E-state index in [1.54, 1.807) is 12.4 Å². The zero-order valence-electron chi connectivity index (χ0n) is 6.97. The van der Waals surface area contributed by atoms with E-state index in [9.17, 15) is 0 Å². The Morgan fingerprint density at radius 1 is 1.62 bits per heavy atom. The lowest BCUT2D eigenvalue weighted by Gasteiger charge is -1.92. The van der Waals surface area contributed by atoms with Crippen LogP contribution < -0.4 is 5.73 Å². The molecular weight excluding hydrogens is 188 g/mol. The first-order valence-corrected chi connectivity index (χ1v) is 4.69. The Balaban J connectivity index is 2.33. The van der Waals surface area contributed by atoms with Gasteiger partial charge in [0.2, 0.25) is 11.7 Å². The second kappa shape index (κ2) is 3.23. The maximum atomic E-state index is 5.57. The van der Waals surface area contributed by atoms with Crippen molar-refractivity contribution in [2.24, 2.45) is 5.73 Å². The molecule has 1 atom stereocenters. The maximum absolute atomic E-state index is 5.57. The van der Waals surface area contributed by atoms with Gasteiger partial charge in [-0.2, -0.15) is 4.98 Å². The maximum Gasteiger partial charge on any atom is 0.243 e. The molecule has 6 heteroatoms. The highest BCUT2D eigenvalue weighted by Gasteiger charge is 2.12. The summed E-state index contributed by atoms with van der Waals surface area (Å²) in [5.74, 6) is 0.927. The summed E-state index contributed by atoms with van der Waals surface area (Å²) in [4.78, 5) is 8.15. The molecule has 2 aromatic rings. The van der Waals surface area contributed by atoms with E-state index in [-0.39, 0.29) is 6.04 Å². The van der Waals surface area contributed by atoms with Crippen molar-refractivity contribution in [3.05, 3.63) is 16.8 Å². The predicted molar refractivity (Wildman–Crippen MR) is 48.0 cm³/mol. The molecule has 0 aliphatic rings. The SMILES string of the molecule is C[C@@H](N)c1nc(-c2cscn2)no1. The average molecular weight is 196 g/mol. The molecule has 0 saturated carbocycles. The van der Waals surface area contributed by atoms with Crippen LogP contribution in [0.5, 0.6) is 0 Å². The van der Waals surface area contributed by atoms with Crippen LogP contribution in [0.4, 0.5) is 0 Å². The van der Waals surface area contributed by atoms with Crippen molar-refractivity contribution in [2.45, 2.75) is 13.0 Å². The fourth-order valence-electron chi connectivity index (χ4n) is 0.847. The number of hydrogen-bond donors (Lipinski definition) is 1. The summed E-state index contributed by atoms with van der Waals surface area (Å²) in [6, 6.07) is -0.236. The van der Waals surface area contributed by atoms with Crippen molar-refractivity contribution in [3.8, 4) is 11.5 Å². The van der Waals surface area contributed by atoms with Gasteiger partial charge in [-0.15, -0.1) is 11.3 Å². The molecule has 0 aliphatic carbocycles. The first kappa shape index (κ1) is 8.33. The minimum Gasteiger partial charge on any atom is -0.337 e. The fraction of sp³-hybridized carbons (Fsp3) is 0.286. The average Bonchev–Trinajstić information content (AvgIpc) is 2.75. The Morgan fingerprint density at radius 3 is 3.00 bits per heavy atom. The predicted octanol–water partition coefficient (Wildman–Crippen LogP) is 1.21. The van der Waals surface area contributed by atoms with Gasteiger partial charge in [-0.25, -0.2) is 4.98 Å². The number of thiazole rings is 1. The molecule has 0 fully saturated rings. The van der Waals surface area contributed by atoms with Crippen LogP contribution in [0.25, 0.3) is 11.5 Å². The number of aromatic nitrogens is 3. The zero-order valence-corrected chi connectivity index (χ0v) is 7.78. The van der Waals surface area contributed by atoms with Crippen LogP contribution >= 0.6 is 11.3 Å². The van der Waals surface area contributed by atoms with Crippen molar-refractivity contribution in [3.63, 3.8) is 0 Å². The van der Waals surface area contributed by atoms with E-state index in [1.165, 1.54) is 11.3 Å². The molecule has 2 aromatic heterocycles. The standard InChI is InChI=1S/C7H8N4OS/c1-4(8)7-10-6(11-12-7)5-2-13-3-9-5/h2-4H,8H2,1H3/t4-/m1/s1. The minimum absolute atomic E-state index is 0.236. The second-order valence-electron chi connectivity index (χ2n) is 2.62. The van der Waals surface area contributed by atoms with Gasteiger partial charge in [-0.05, 0) is 6.92 Å². The van der Waals surface area contributed by atoms with Crippen molar-refractivity contribution in [2.75, 3.05) is 0 Å². The van der Waals surface area contributed by atoms with E-state index in [4.69, 9.17) is 10.3 Å². The van der Waals surface area contributed by atoms with Gasteiger partial charge in [0.05, 0.1) is 11.6 Å².